The largest absolute Gasteiger partial charge is 0.366 e. The zero-order valence-electron chi connectivity index (χ0n) is 15.6. The minimum atomic E-state index is -0.438. The molecule has 2 N–H and O–H groups in total. The molecule has 4 rings (SSSR count). The van der Waals surface area contributed by atoms with E-state index in [9.17, 15) is 4.79 Å². The quantitative estimate of drug-likeness (QED) is 0.562. The highest BCUT2D eigenvalue weighted by Gasteiger charge is 2.19. The number of amides is 1. The molecule has 0 radical (unpaired) electrons. The molecule has 3 heterocycles. The molecule has 28 heavy (non-hydrogen) atoms. The van der Waals surface area contributed by atoms with Crippen molar-refractivity contribution in [2.45, 2.75) is 20.4 Å². The zero-order chi connectivity index (χ0) is 19.7. The summed E-state index contributed by atoms with van der Waals surface area (Å²) in [6.45, 7) is 4.63. The maximum absolute atomic E-state index is 11.9. The number of aromatic nitrogens is 4. The summed E-state index contributed by atoms with van der Waals surface area (Å²) in [5, 5.41) is 2.75. The lowest BCUT2D eigenvalue weighted by Crippen LogP contribution is -2.13. The van der Waals surface area contributed by atoms with Crippen LogP contribution in [0.2, 0.25) is 0 Å². The van der Waals surface area contributed by atoms with Gasteiger partial charge in [-0.15, -0.1) is 11.3 Å². The second-order valence-corrected chi connectivity index (χ2v) is 7.39. The second kappa shape index (κ2) is 7.36. The molecular weight excluding hydrogens is 370 g/mol. The van der Waals surface area contributed by atoms with Crippen molar-refractivity contribution >= 4 is 17.2 Å². The third-order valence-electron chi connectivity index (χ3n) is 4.77. The number of primary amides is 1. The van der Waals surface area contributed by atoms with Gasteiger partial charge in [0, 0.05) is 30.0 Å². The van der Waals surface area contributed by atoms with E-state index < -0.39 is 5.91 Å². The Bertz CT molecular complexity index is 1150. The first-order chi connectivity index (χ1) is 13.5. The van der Waals surface area contributed by atoms with E-state index in [2.05, 4.69) is 33.6 Å². The zero-order valence-corrected chi connectivity index (χ0v) is 16.4. The molecule has 0 aliphatic heterocycles. The van der Waals surface area contributed by atoms with Gasteiger partial charge in [-0.25, -0.2) is 4.98 Å². The normalized spacial score (nSPS) is 10.9. The van der Waals surface area contributed by atoms with Gasteiger partial charge in [0.05, 0.1) is 23.1 Å². The SMILES string of the molecule is Cc1ccccc1Cn1c(-c2csc(-c3cnccn3)n2)cc(C(N)=O)c1C. The van der Waals surface area contributed by atoms with Crippen molar-refractivity contribution in [1.82, 2.24) is 19.5 Å². The lowest BCUT2D eigenvalue weighted by atomic mass is 10.1. The molecule has 1 aromatic carbocycles. The van der Waals surface area contributed by atoms with Crippen molar-refractivity contribution < 1.29 is 4.79 Å². The fourth-order valence-corrected chi connectivity index (χ4v) is 3.96. The summed E-state index contributed by atoms with van der Waals surface area (Å²) in [6.07, 6.45) is 4.97. The predicted octanol–water partition coefficient (Wildman–Crippen LogP) is 3.83. The topological polar surface area (TPSA) is 86.7 Å². The van der Waals surface area contributed by atoms with Gasteiger partial charge in [0.1, 0.15) is 10.7 Å². The Balaban J connectivity index is 1.81. The van der Waals surface area contributed by atoms with Crippen molar-refractivity contribution in [3.8, 4) is 22.1 Å². The van der Waals surface area contributed by atoms with E-state index in [-0.39, 0.29) is 0 Å². The first-order valence-electron chi connectivity index (χ1n) is 8.81. The molecule has 0 spiro atoms. The summed E-state index contributed by atoms with van der Waals surface area (Å²) in [7, 11) is 0. The van der Waals surface area contributed by atoms with Crippen LogP contribution in [0.15, 0.2) is 54.3 Å². The number of carbonyl (C=O) groups excluding carboxylic acids is 1. The standard InChI is InChI=1S/C21H19N5OS/c1-13-5-3-4-6-15(13)11-26-14(2)16(20(22)27)9-19(26)18-12-28-21(25-18)17-10-23-7-8-24-17/h3-10,12H,11H2,1-2H3,(H2,22,27). The lowest BCUT2D eigenvalue weighted by molar-refractivity contribution is 0.0999. The van der Waals surface area contributed by atoms with Crippen LogP contribution < -0.4 is 5.73 Å². The Morgan fingerprint density at radius 1 is 1.18 bits per heavy atom. The van der Waals surface area contributed by atoms with Crippen LogP contribution in [-0.4, -0.2) is 25.4 Å². The first kappa shape index (κ1) is 18.1. The summed E-state index contributed by atoms with van der Waals surface area (Å²) in [4.78, 5) is 25.1. The number of rotatable bonds is 5. The van der Waals surface area contributed by atoms with Crippen molar-refractivity contribution in [1.29, 1.82) is 0 Å². The van der Waals surface area contributed by atoms with Gasteiger partial charge in [-0.1, -0.05) is 24.3 Å². The number of thiazole rings is 1. The molecule has 0 atom stereocenters. The number of benzene rings is 1. The van der Waals surface area contributed by atoms with Crippen molar-refractivity contribution in [3.63, 3.8) is 0 Å². The number of nitrogens with two attached hydrogens (primary N) is 1. The Morgan fingerprint density at radius 3 is 2.71 bits per heavy atom. The van der Waals surface area contributed by atoms with Gasteiger partial charge in [-0.05, 0) is 31.0 Å². The minimum Gasteiger partial charge on any atom is -0.366 e. The predicted molar refractivity (Wildman–Crippen MR) is 110 cm³/mol. The number of hydrogen-bond acceptors (Lipinski definition) is 5. The molecule has 140 valence electrons. The van der Waals surface area contributed by atoms with Crippen LogP contribution in [0.4, 0.5) is 0 Å². The molecule has 7 heteroatoms. The van der Waals surface area contributed by atoms with Gasteiger partial charge in [0.25, 0.3) is 5.91 Å². The number of carbonyl (C=O) groups is 1. The fourth-order valence-electron chi connectivity index (χ4n) is 3.19. The minimum absolute atomic E-state index is 0.438. The summed E-state index contributed by atoms with van der Waals surface area (Å²) in [5.41, 5.74) is 11.7. The maximum Gasteiger partial charge on any atom is 0.250 e. The van der Waals surface area contributed by atoms with Crippen molar-refractivity contribution in [3.05, 3.63) is 76.7 Å². The molecule has 3 aromatic heterocycles. The van der Waals surface area contributed by atoms with Gasteiger partial charge in [0.15, 0.2) is 0 Å². The summed E-state index contributed by atoms with van der Waals surface area (Å²) in [6, 6.07) is 10.0. The van der Waals surface area contributed by atoms with Crippen molar-refractivity contribution in [2.75, 3.05) is 0 Å². The Hall–Kier alpha value is -3.32. The van der Waals surface area contributed by atoms with Crippen LogP contribution in [0.5, 0.6) is 0 Å². The van der Waals surface area contributed by atoms with Crippen LogP contribution in [0, 0.1) is 13.8 Å². The molecule has 0 unspecified atom stereocenters. The highest BCUT2D eigenvalue weighted by Crippen LogP contribution is 2.31. The molecule has 0 saturated heterocycles. The summed E-state index contributed by atoms with van der Waals surface area (Å²) < 4.78 is 2.10. The summed E-state index contributed by atoms with van der Waals surface area (Å²) in [5.74, 6) is -0.438. The Labute approximate surface area is 166 Å². The molecule has 0 bridgehead atoms. The third kappa shape index (κ3) is 3.32. The van der Waals surface area contributed by atoms with Crippen LogP contribution in [0.1, 0.15) is 27.2 Å². The van der Waals surface area contributed by atoms with Crippen LogP contribution in [-0.2, 0) is 6.54 Å². The fraction of sp³-hybridized carbons (Fsp3) is 0.143. The van der Waals surface area contributed by atoms with Gasteiger partial charge in [-0.2, -0.15) is 0 Å². The summed E-state index contributed by atoms with van der Waals surface area (Å²) >= 11 is 1.50. The number of aryl methyl sites for hydroxylation is 1. The number of nitrogens with zero attached hydrogens (tertiary/aromatic N) is 4. The first-order valence-corrected chi connectivity index (χ1v) is 9.69. The maximum atomic E-state index is 11.9. The van der Waals surface area contributed by atoms with Crippen LogP contribution in [0.3, 0.4) is 0 Å². The van der Waals surface area contributed by atoms with E-state index in [1.165, 1.54) is 22.5 Å². The van der Waals surface area contributed by atoms with Gasteiger partial charge in [-0.3, -0.25) is 14.8 Å². The third-order valence-corrected chi connectivity index (χ3v) is 5.64. The highest BCUT2D eigenvalue weighted by atomic mass is 32.1. The molecule has 0 aliphatic rings. The molecule has 1 amide bonds. The average molecular weight is 389 g/mol. The smallest absolute Gasteiger partial charge is 0.250 e. The van der Waals surface area contributed by atoms with E-state index in [0.29, 0.717) is 12.1 Å². The van der Waals surface area contributed by atoms with E-state index >= 15 is 0 Å². The molecule has 0 aliphatic carbocycles. The van der Waals surface area contributed by atoms with E-state index in [1.807, 2.05) is 30.5 Å². The van der Waals surface area contributed by atoms with Crippen molar-refractivity contribution in [2.24, 2.45) is 5.73 Å². The van der Waals surface area contributed by atoms with Crippen LogP contribution >= 0.6 is 11.3 Å². The van der Waals surface area contributed by atoms with E-state index in [1.54, 1.807) is 18.6 Å². The molecular formula is C21H19N5OS. The monoisotopic (exact) mass is 389 g/mol. The second-order valence-electron chi connectivity index (χ2n) is 6.53. The Kier molecular flexibility index (Phi) is 4.75. The molecule has 4 aromatic rings. The van der Waals surface area contributed by atoms with Gasteiger partial charge < -0.3 is 10.3 Å². The average Bonchev–Trinajstić information content (AvgIpc) is 3.30. The Morgan fingerprint density at radius 2 is 2.00 bits per heavy atom. The highest BCUT2D eigenvalue weighted by molar-refractivity contribution is 7.13. The molecule has 0 saturated carbocycles. The lowest BCUT2D eigenvalue weighted by Gasteiger charge is -2.13. The van der Waals surface area contributed by atoms with Crippen LogP contribution in [0.25, 0.3) is 22.1 Å². The number of hydrogen-bond donors (Lipinski definition) is 1. The van der Waals surface area contributed by atoms with E-state index in [0.717, 1.165) is 27.8 Å². The molecule has 0 fully saturated rings. The van der Waals surface area contributed by atoms with Gasteiger partial charge >= 0.3 is 0 Å². The van der Waals surface area contributed by atoms with Gasteiger partial charge in [0.2, 0.25) is 0 Å². The molecule has 6 nitrogen and oxygen atoms in total. The van der Waals surface area contributed by atoms with E-state index in [4.69, 9.17) is 10.7 Å².